The quantitative estimate of drug-likeness (QED) is 0.656. The van der Waals surface area contributed by atoms with E-state index in [0.29, 0.717) is 5.71 Å². The van der Waals surface area contributed by atoms with Crippen molar-refractivity contribution in [2.75, 3.05) is 13.2 Å². The van der Waals surface area contributed by atoms with E-state index in [-0.39, 0.29) is 31.9 Å². The van der Waals surface area contributed by atoms with Gasteiger partial charge in [-0.15, -0.1) is 0 Å². The number of aliphatic hydroxyl groups excluding tert-OH is 1. The number of hydrazone groups is 1. The van der Waals surface area contributed by atoms with Gasteiger partial charge in [0, 0.05) is 12.1 Å². The lowest BCUT2D eigenvalue weighted by molar-refractivity contribution is -0.137. The van der Waals surface area contributed by atoms with Crippen LogP contribution in [0.1, 0.15) is 19.8 Å². The van der Waals surface area contributed by atoms with E-state index in [1.54, 1.807) is 6.92 Å². The van der Waals surface area contributed by atoms with Crippen LogP contribution < -0.4 is 0 Å². The summed E-state index contributed by atoms with van der Waals surface area (Å²) in [7, 11) is 0. The Kier molecular flexibility index (Phi) is 3.79. The van der Waals surface area contributed by atoms with Gasteiger partial charge >= 0.3 is 5.97 Å². The summed E-state index contributed by atoms with van der Waals surface area (Å²) in [6.07, 6.45) is 0.224. The number of nitrogens with zero attached hydrogens (tertiary/aromatic N) is 2. The summed E-state index contributed by atoms with van der Waals surface area (Å²) >= 11 is 0. The molecule has 0 saturated heterocycles. The largest absolute Gasteiger partial charge is 0.481 e. The second kappa shape index (κ2) is 4.88. The van der Waals surface area contributed by atoms with Crippen LogP contribution in [0, 0.1) is 5.92 Å². The maximum Gasteiger partial charge on any atom is 0.303 e. The van der Waals surface area contributed by atoms with Gasteiger partial charge in [-0.05, 0) is 13.3 Å². The van der Waals surface area contributed by atoms with E-state index in [1.165, 1.54) is 5.01 Å². The van der Waals surface area contributed by atoms with Crippen molar-refractivity contribution in [1.29, 1.82) is 0 Å². The Morgan fingerprint density at radius 3 is 2.80 bits per heavy atom. The van der Waals surface area contributed by atoms with Crippen LogP contribution in [0.3, 0.4) is 0 Å². The molecule has 6 nitrogen and oxygen atoms in total. The molecule has 0 spiro atoms. The molecule has 0 radical (unpaired) electrons. The second-order valence-electron chi connectivity index (χ2n) is 3.41. The third-order valence-corrected chi connectivity index (χ3v) is 2.29. The van der Waals surface area contributed by atoms with E-state index in [0.717, 1.165) is 0 Å². The monoisotopic (exact) mass is 214 g/mol. The normalized spacial score (nSPS) is 20.7. The minimum Gasteiger partial charge on any atom is -0.481 e. The molecule has 1 amide bonds. The molecule has 1 atom stereocenters. The highest BCUT2D eigenvalue weighted by molar-refractivity contribution is 6.07. The fourth-order valence-corrected chi connectivity index (χ4v) is 1.52. The molecule has 2 N–H and O–H groups in total. The molecule has 0 aliphatic carbocycles. The van der Waals surface area contributed by atoms with Crippen molar-refractivity contribution >= 4 is 17.6 Å². The molecule has 0 saturated carbocycles. The lowest BCUT2D eigenvalue weighted by atomic mass is 9.99. The van der Waals surface area contributed by atoms with Crippen molar-refractivity contribution in [2.45, 2.75) is 19.8 Å². The molecule has 0 aromatic heterocycles. The summed E-state index contributed by atoms with van der Waals surface area (Å²) in [5.74, 6) is -1.58. The number of carboxylic acid groups (broad SMARTS) is 1. The molecule has 6 heteroatoms. The molecular formula is C9H14N2O4. The first-order chi connectivity index (χ1) is 7.06. The highest BCUT2D eigenvalue weighted by atomic mass is 16.4. The van der Waals surface area contributed by atoms with Gasteiger partial charge in [-0.1, -0.05) is 0 Å². The Bertz CT molecular complexity index is 300. The van der Waals surface area contributed by atoms with Crippen LogP contribution in [0.2, 0.25) is 0 Å². The lowest BCUT2D eigenvalue weighted by Gasteiger charge is -2.11. The van der Waals surface area contributed by atoms with Crippen LogP contribution in [0.4, 0.5) is 0 Å². The number of aliphatic carboxylic acids is 1. The van der Waals surface area contributed by atoms with Crippen LogP contribution in [0.15, 0.2) is 5.10 Å². The molecule has 1 rings (SSSR count). The van der Waals surface area contributed by atoms with Crippen molar-refractivity contribution in [3.8, 4) is 0 Å². The van der Waals surface area contributed by atoms with Crippen LogP contribution in [0.5, 0.6) is 0 Å². The highest BCUT2D eigenvalue weighted by Crippen LogP contribution is 2.19. The first-order valence-electron chi connectivity index (χ1n) is 4.75. The molecule has 1 unspecified atom stereocenters. The Hall–Kier alpha value is -1.43. The summed E-state index contributed by atoms with van der Waals surface area (Å²) in [4.78, 5) is 22.0. The number of rotatable bonds is 5. The van der Waals surface area contributed by atoms with Gasteiger partial charge < -0.3 is 10.2 Å². The predicted octanol–water partition coefficient (Wildman–Crippen LogP) is -0.322. The van der Waals surface area contributed by atoms with Crippen LogP contribution in [0.25, 0.3) is 0 Å². The third-order valence-electron chi connectivity index (χ3n) is 2.29. The number of carbonyl (C=O) groups is 2. The number of carboxylic acids is 1. The summed E-state index contributed by atoms with van der Waals surface area (Å²) in [6.45, 7) is 1.72. The zero-order valence-electron chi connectivity index (χ0n) is 8.51. The fourth-order valence-electron chi connectivity index (χ4n) is 1.52. The predicted molar refractivity (Wildman–Crippen MR) is 52.3 cm³/mol. The molecule has 84 valence electrons. The van der Waals surface area contributed by atoms with Gasteiger partial charge in [0.25, 0.3) is 5.91 Å². The SMILES string of the molecule is CC1=NN(CCO)C(=O)C1CCC(=O)O. The molecule has 0 aromatic rings. The zero-order valence-corrected chi connectivity index (χ0v) is 8.51. The van der Waals surface area contributed by atoms with E-state index in [1.807, 2.05) is 0 Å². The number of aliphatic hydroxyl groups is 1. The minimum absolute atomic E-state index is 0.0454. The molecule has 1 aliphatic rings. The fraction of sp³-hybridized carbons (Fsp3) is 0.667. The van der Waals surface area contributed by atoms with Gasteiger partial charge in [0.1, 0.15) is 0 Å². The molecular weight excluding hydrogens is 200 g/mol. The second-order valence-corrected chi connectivity index (χ2v) is 3.41. The van der Waals surface area contributed by atoms with Gasteiger partial charge in [-0.25, -0.2) is 5.01 Å². The van der Waals surface area contributed by atoms with Crippen molar-refractivity contribution in [3.05, 3.63) is 0 Å². The summed E-state index contributed by atoms with van der Waals surface area (Å²) < 4.78 is 0. The minimum atomic E-state index is -0.920. The Morgan fingerprint density at radius 2 is 2.27 bits per heavy atom. The average molecular weight is 214 g/mol. The summed E-state index contributed by atoms with van der Waals surface area (Å²) in [6, 6.07) is 0. The number of amides is 1. The lowest BCUT2D eigenvalue weighted by Crippen LogP contribution is -2.29. The van der Waals surface area contributed by atoms with E-state index in [9.17, 15) is 9.59 Å². The number of β-amino-alcohol motifs (C(OH)–C–C–N with tert-alkyl or cyclic N) is 1. The van der Waals surface area contributed by atoms with Crippen LogP contribution in [-0.4, -0.2) is 46.0 Å². The van der Waals surface area contributed by atoms with E-state index in [4.69, 9.17) is 10.2 Å². The molecule has 15 heavy (non-hydrogen) atoms. The van der Waals surface area contributed by atoms with Crippen molar-refractivity contribution in [3.63, 3.8) is 0 Å². The Labute approximate surface area is 87.2 Å². The van der Waals surface area contributed by atoms with Crippen LogP contribution >= 0.6 is 0 Å². The topological polar surface area (TPSA) is 90.2 Å². The molecule has 0 fully saturated rings. The standard InChI is InChI=1S/C9H14N2O4/c1-6-7(2-3-8(13)14)9(15)11(10-6)4-5-12/h7,12H,2-5H2,1H3,(H,13,14). The van der Waals surface area contributed by atoms with Gasteiger partial charge in [0.05, 0.1) is 19.1 Å². The van der Waals surface area contributed by atoms with Gasteiger partial charge in [0.15, 0.2) is 0 Å². The number of hydrogen-bond donors (Lipinski definition) is 2. The smallest absolute Gasteiger partial charge is 0.303 e. The van der Waals surface area contributed by atoms with Crippen LogP contribution in [-0.2, 0) is 9.59 Å². The maximum atomic E-state index is 11.6. The van der Waals surface area contributed by atoms with Gasteiger partial charge in [-0.3, -0.25) is 9.59 Å². The summed E-state index contributed by atoms with van der Waals surface area (Å²) in [5.41, 5.74) is 0.620. The Morgan fingerprint density at radius 1 is 1.60 bits per heavy atom. The van der Waals surface area contributed by atoms with Crippen molar-refractivity contribution < 1.29 is 19.8 Å². The number of hydrogen-bond acceptors (Lipinski definition) is 4. The van der Waals surface area contributed by atoms with Crippen molar-refractivity contribution in [2.24, 2.45) is 11.0 Å². The van der Waals surface area contributed by atoms with Gasteiger partial charge in [0.2, 0.25) is 0 Å². The van der Waals surface area contributed by atoms with E-state index < -0.39 is 11.9 Å². The molecule has 1 aliphatic heterocycles. The molecule has 0 aromatic carbocycles. The number of carbonyl (C=O) groups excluding carboxylic acids is 1. The van der Waals surface area contributed by atoms with Gasteiger partial charge in [-0.2, -0.15) is 5.10 Å². The highest BCUT2D eigenvalue weighted by Gasteiger charge is 2.32. The average Bonchev–Trinajstić information content (AvgIpc) is 2.40. The zero-order chi connectivity index (χ0) is 11.4. The summed E-state index contributed by atoms with van der Waals surface area (Å²) in [5, 5.41) is 22.4. The molecule has 1 heterocycles. The van der Waals surface area contributed by atoms with E-state index >= 15 is 0 Å². The van der Waals surface area contributed by atoms with Crippen molar-refractivity contribution in [1.82, 2.24) is 5.01 Å². The molecule has 0 bridgehead atoms. The van der Waals surface area contributed by atoms with E-state index in [2.05, 4.69) is 5.10 Å². The Balaban J connectivity index is 2.57. The maximum absolute atomic E-state index is 11.6. The first kappa shape index (κ1) is 11.6. The third kappa shape index (κ3) is 2.76. The first-order valence-corrected chi connectivity index (χ1v) is 4.75.